The Morgan fingerprint density at radius 1 is 0.944 bits per heavy atom. The third-order valence-corrected chi connectivity index (χ3v) is 12.2. The van der Waals surface area contributed by atoms with Crippen LogP contribution in [0.15, 0.2) is 67.0 Å². The lowest BCUT2D eigenvalue weighted by molar-refractivity contribution is -0.128. The van der Waals surface area contributed by atoms with Crippen molar-refractivity contribution >= 4 is 23.2 Å². The Morgan fingerprint density at radius 2 is 1.78 bits per heavy atom. The smallest absolute Gasteiger partial charge is 0.142 e. The van der Waals surface area contributed by atoms with Gasteiger partial charge in [0.1, 0.15) is 36.0 Å². The first kappa shape index (κ1) is 37.1. The number of benzene rings is 3. The lowest BCUT2D eigenvalue weighted by atomic mass is 9.62. The number of nitrogens with zero attached hydrogens (tertiary/aromatic N) is 3. The molecule has 1 spiro atoms. The Hall–Kier alpha value is -3.88. The van der Waals surface area contributed by atoms with Crippen molar-refractivity contribution in [1.82, 2.24) is 15.2 Å². The van der Waals surface area contributed by atoms with Crippen LogP contribution in [0.5, 0.6) is 17.2 Å². The standard InChI is InChI=1S/C43H46Cl2N4O5/c44-35-16-29(23-48-36-8-3-9-37(36)51)40(53-24-28-15-27(20-46)21-47-22-28)17-41(35)54-38-12-11-32-31(5-1-6-33(32)38)34-7-2-10-39(42(34)45)52-14-4-13-49-25-43(26-49)18-30(50)19-43/h1-2,5-7,10,15-17,21-22,30,36-38,48,50-51H,3-4,8-9,11-14,18-19,23-26H2/t36-,37+,38+/m1/s1. The number of ether oxygens (including phenoxy) is 3. The molecule has 1 aliphatic heterocycles. The van der Waals surface area contributed by atoms with Gasteiger partial charge in [0.05, 0.1) is 34.4 Å². The van der Waals surface area contributed by atoms with Crippen molar-refractivity contribution in [3.8, 4) is 34.4 Å². The molecule has 3 N–H and O–H groups in total. The van der Waals surface area contributed by atoms with E-state index in [1.54, 1.807) is 12.3 Å². The number of fused-ring (bicyclic) bond motifs is 1. The average molecular weight is 770 g/mol. The Kier molecular flexibility index (Phi) is 11.0. The molecule has 54 heavy (non-hydrogen) atoms. The van der Waals surface area contributed by atoms with Gasteiger partial charge in [-0.1, -0.05) is 53.5 Å². The molecule has 0 amide bonds. The fourth-order valence-corrected chi connectivity index (χ4v) is 9.36. The van der Waals surface area contributed by atoms with Crippen molar-refractivity contribution in [1.29, 1.82) is 5.26 Å². The molecule has 3 aliphatic carbocycles. The lowest BCUT2D eigenvalue weighted by Gasteiger charge is -2.58. The summed E-state index contributed by atoms with van der Waals surface area (Å²) in [7, 11) is 0. The lowest BCUT2D eigenvalue weighted by Crippen LogP contribution is -2.63. The van der Waals surface area contributed by atoms with Gasteiger partial charge >= 0.3 is 0 Å². The number of aliphatic hydroxyl groups excluding tert-OH is 2. The van der Waals surface area contributed by atoms with E-state index in [2.05, 4.69) is 33.4 Å². The Bertz CT molecular complexity index is 2020. The highest BCUT2D eigenvalue weighted by Gasteiger charge is 2.51. The number of hydrogen-bond acceptors (Lipinski definition) is 9. The number of aliphatic hydroxyl groups is 2. The van der Waals surface area contributed by atoms with Crippen LogP contribution in [0.3, 0.4) is 0 Å². The van der Waals surface area contributed by atoms with Crippen LogP contribution in [0.25, 0.3) is 11.1 Å². The second kappa shape index (κ2) is 16.1. The van der Waals surface area contributed by atoms with Crippen molar-refractivity contribution in [2.24, 2.45) is 5.41 Å². The zero-order valence-electron chi connectivity index (χ0n) is 30.3. The molecular formula is C43H46Cl2N4O5. The average Bonchev–Trinajstić information content (AvgIpc) is 3.76. The fourth-order valence-electron chi connectivity index (χ4n) is 8.85. The maximum absolute atomic E-state index is 10.4. The van der Waals surface area contributed by atoms with Crippen molar-refractivity contribution < 1.29 is 24.4 Å². The third kappa shape index (κ3) is 7.92. The monoisotopic (exact) mass is 768 g/mol. The Morgan fingerprint density at radius 3 is 2.57 bits per heavy atom. The van der Waals surface area contributed by atoms with Gasteiger partial charge in [0.25, 0.3) is 0 Å². The van der Waals surface area contributed by atoms with E-state index in [1.807, 2.05) is 36.4 Å². The van der Waals surface area contributed by atoms with Gasteiger partial charge in [-0.15, -0.1) is 0 Å². The normalized spacial score (nSPS) is 21.6. The second-order valence-corrected chi connectivity index (χ2v) is 16.3. The van der Waals surface area contributed by atoms with Gasteiger partial charge in [-0.05, 0) is 86.3 Å². The van der Waals surface area contributed by atoms with E-state index >= 15 is 0 Å². The molecule has 4 aromatic rings. The Labute approximate surface area is 326 Å². The molecule has 9 nitrogen and oxygen atoms in total. The molecule has 1 aromatic heterocycles. The summed E-state index contributed by atoms with van der Waals surface area (Å²) in [4.78, 5) is 6.62. The summed E-state index contributed by atoms with van der Waals surface area (Å²) >= 11 is 13.9. The van der Waals surface area contributed by atoms with Crippen LogP contribution in [-0.4, -0.2) is 64.6 Å². The van der Waals surface area contributed by atoms with Crippen LogP contribution >= 0.6 is 23.2 Å². The number of pyridine rings is 1. The van der Waals surface area contributed by atoms with E-state index in [0.29, 0.717) is 51.4 Å². The molecule has 1 saturated heterocycles. The number of hydrogen-bond donors (Lipinski definition) is 3. The first-order valence-electron chi connectivity index (χ1n) is 19.1. The molecule has 2 saturated carbocycles. The predicted octanol–water partition coefficient (Wildman–Crippen LogP) is 7.80. The SMILES string of the molecule is N#Cc1cncc(COc2cc(O[C@H]3CCc4c(-c5cccc(OCCCN6CC7(CC(O)C7)C6)c5Cl)cccc43)c(Cl)cc2CN[C@@H]2CCC[C@@H]2O)c1. The maximum Gasteiger partial charge on any atom is 0.142 e. The van der Waals surface area contributed by atoms with Crippen molar-refractivity contribution in [2.45, 2.75) is 88.9 Å². The summed E-state index contributed by atoms with van der Waals surface area (Å²) in [5.74, 6) is 1.82. The van der Waals surface area contributed by atoms with Gasteiger partial charge in [-0.2, -0.15) is 5.26 Å². The van der Waals surface area contributed by atoms with Gasteiger partial charge in [0.2, 0.25) is 0 Å². The van der Waals surface area contributed by atoms with Crippen molar-refractivity contribution in [3.05, 3.63) is 105 Å². The van der Waals surface area contributed by atoms with E-state index in [0.717, 1.165) is 98.8 Å². The number of nitrogens with one attached hydrogen (secondary N) is 1. The number of rotatable bonds is 14. The molecular weight excluding hydrogens is 723 g/mol. The quantitative estimate of drug-likeness (QED) is 0.110. The van der Waals surface area contributed by atoms with Gasteiger partial charge in [0.15, 0.2) is 0 Å². The third-order valence-electron chi connectivity index (χ3n) is 11.5. The zero-order valence-corrected chi connectivity index (χ0v) is 31.8. The van der Waals surface area contributed by atoms with E-state index in [9.17, 15) is 15.5 Å². The summed E-state index contributed by atoms with van der Waals surface area (Å²) in [6, 6.07) is 19.9. The summed E-state index contributed by atoms with van der Waals surface area (Å²) in [5.41, 5.74) is 6.77. The maximum atomic E-state index is 10.4. The zero-order chi connectivity index (χ0) is 37.2. The molecule has 11 heteroatoms. The molecule has 3 atom stereocenters. The van der Waals surface area contributed by atoms with Crippen LogP contribution in [0, 0.1) is 16.7 Å². The number of nitriles is 1. The van der Waals surface area contributed by atoms with Crippen LogP contribution in [-0.2, 0) is 19.6 Å². The first-order chi connectivity index (χ1) is 26.3. The van der Waals surface area contributed by atoms with Crippen LogP contribution < -0.4 is 19.5 Å². The van der Waals surface area contributed by atoms with Gasteiger partial charge in [0, 0.05) is 72.8 Å². The van der Waals surface area contributed by atoms with E-state index in [-0.39, 0.29) is 31.0 Å². The molecule has 0 unspecified atom stereocenters. The highest BCUT2D eigenvalue weighted by atomic mass is 35.5. The van der Waals surface area contributed by atoms with E-state index in [4.69, 9.17) is 37.4 Å². The highest BCUT2D eigenvalue weighted by Crippen LogP contribution is 2.48. The molecule has 3 aromatic carbocycles. The minimum absolute atomic E-state index is 0.0148. The highest BCUT2D eigenvalue weighted by molar-refractivity contribution is 6.35. The van der Waals surface area contributed by atoms with Gasteiger partial charge < -0.3 is 34.6 Å². The van der Waals surface area contributed by atoms with E-state index in [1.165, 1.54) is 11.8 Å². The summed E-state index contributed by atoms with van der Waals surface area (Å²) in [5, 5.41) is 34.0. The summed E-state index contributed by atoms with van der Waals surface area (Å²) in [6.45, 7) is 4.42. The second-order valence-electron chi connectivity index (χ2n) is 15.5. The topological polar surface area (TPSA) is 120 Å². The Balaban J connectivity index is 0.958. The molecule has 2 heterocycles. The molecule has 3 fully saturated rings. The number of likely N-dealkylation sites (tertiary alicyclic amines) is 1. The first-order valence-corrected chi connectivity index (χ1v) is 19.8. The molecule has 0 bridgehead atoms. The van der Waals surface area contributed by atoms with Gasteiger partial charge in [-0.3, -0.25) is 4.98 Å². The van der Waals surface area contributed by atoms with Crippen LogP contribution in [0.2, 0.25) is 10.0 Å². The minimum atomic E-state index is -0.373. The van der Waals surface area contributed by atoms with E-state index < -0.39 is 0 Å². The molecule has 8 rings (SSSR count). The summed E-state index contributed by atoms with van der Waals surface area (Å²) in [6.07, 6.45) is 9.61. The van der Waals surface area contributed by atoms with Crippen LogP contribution in [0.4, 0.5) is 0 Å². The molecule has 0 radical (unpaired) electrons. The van der Waals surface area contributed by atoms with Crippen LogP contribution in [0.1, 0.15) is 78.9 Å². The fraction of sp³-hybridized carbons (Fsp3) is 0.442. The largest absolute Gasteiger partial charge is 0.492 e. The van der Waals surface area contributed by atoms with Crippen molar-refractivity contribution in [2.75, 3.05) is 26.2 Å². The molecule has 282 valence electrons. The molecule has 4 aliphatic rings. The number of aromatic nitrogens is 1. The minimum Gasteiger partial charge on any atom is -0.492 e. The number of halogens is 2. The van der Waals surface area contributed by atoms with Crippen molar-refractivity contribution in [3.63, 3.8) is 0 Å². The predicted molar refractivity (Wildman–Crippen MR) is 208 cm³/mol. The summed E-state index contributed by atoms with van der Waals surface area (Å²) < 4.78 is 19.2. The van der Waals surface area contributed by atoms with Gasteiger partial charge in [-0.25, -0.2) is 0 Å².